The molecule has 0 heterocycles. The third kappa shape index (κ3) is 4.63. The van der Waals surface area contributed by atoms with E-state index in [0.717, 1.165) is 32.2 Å². The van der Waals surface area contributed by atoms with Crippen LogP contribution in [0.25, 0.3) is 0 Å². The molecule has 0 aromatic heterocycles. The van der Waals surface area contributed by atoms with Gasteiger partial charge in [-0.15, -0.1) is 0 Å². The molecule has 1 rings (SSSR count). The monoisotopic (exact) mass is 251 g/mol. The first kappa shape index (κ1) is 14.3. The minimum absolute atomic E-state index is 0.245. The summed E-state index contributed by atoms with van der Waals surface area (Å²) in [5, 5.41) is 11.8. The van der Waals surface area contributed by atoms with Gasteiger partial charge in [-0.25, -0.2) is 0 Å². The molecule has 5 nitrogen and oxygen atoms in total. The third-order valence-corrected chi connectivity index (χ3v) is 2.71. The van der Waals surface area contributed by atoms with Gasteiger partial charge in [0.1, 0.15) is 0 Å². The molecule has 0 unspecified atom stereocenters. The molecule has 1 amide bonds. The van der Waals surface area contributed by atoms with Crippen LogP contribution in [0.1, 0.15) is 36.0 Å². The molecule has 0 radical (unpaired) electrons. The van der Waals surface area contributed by atoms with Gasteiger partial charge in [-0.1, -0.05) is 12.8 Å². The molecule has 1 aromatic rings. The summed E-state index contributed by atoms with van der Waals surface area (Å²) in [4.78, 5) is 11.2. The van der Waals surface area contributed by atoms with Crippen molar-refractivity contribution in [1.29, 1.82) is 0 Å². The maximum Gasteiger partial charge on any atom is 0.250 e. The highest BCUT2D eigenvalue weighted by Gasteiger charge is 2.07. The number of aliphatic hydroxyl groups excluding tert-OH is 1. The number of carbonyl (C=O) groups excluding carboxylic acids is 1. The van der Waals surface area contributed by atoms with Crippen LogP contribution in [0.3, 0.4) is 0 Å². The zero-order valence-electron chi connectivity index (χ0n) is 10.5. The Morgan fingerprint density at radius 1 is 1.22 bits per heavy atom. The van der Waals surface area contributed by atoms with E-state index in [1.807, 2.05) is 0 Å². The van der Waals surface area contributed by atoms with Crippen LogP contribution in [-0.4, -0.2) is 24.2 Å². The number of aliphatic hydroxyl groups is 1. The average molecular weight is 251 g/mol. The van der Waals surface area contributed by atoms with Gasteiger partial charge in [0.15, 0.2) is 0 Å². The highest BCUT2D eigenvalue weighted by Crippen LogP contribution is 2.18. The van der Waals surface area contributed by atoms with Gasteiger partial charge in [0.25, 0.3) is 5.91 Å². The molecule has 0 spiro atoms. The molecule has 0 aliphatic rings. The lowest BCUT2D eigenvalue weighted by Crippen LogP contribution is -2.15. The lowest BCUT2D eigenvalue weighted by Gasteiger charge is -2.10. The molecule has 100 valence electrons. The first-order chi connectivity index (χ1) is 8.65. The predicted molar refractivity (Wildman–Crippen MR) is 73.4 cm³/mol. The Bertz CT molecular complexity index is 394. The summed E-state index contributed by atoms with van der Waals surface area (Å²) < 4.78 is 0. The van der Waals surface area contributed by atoms with Crippen LogP contribution in [0, 0.1) is 0 Å². The number of benzene rings is 1. The number of hydrogen-bond donors (Lipinski definition) is 4. The Morgan fingerprint density at radius 3 is 2.61 bits per heavy atom. The normalized spacial score (nSPS) is 10.3. The summed E-state index contributed by atoms with van der Waals surface area (Å²) in [5.41, 5.74) is 12.7. The number of anilines is 2. The number of nitrogen functional groups attached to an aromatic ring is 1. The summed E-state index contributed by atoms with van der Waals surface area (Å²) in [6, 6.07) is 5.01. The van der Waals surface area contributed by atoms with Crippen molar-refractivity contribution in [3.63, 3.8) is 0 Å². The molecular formula is C13H21N3O2. The number of rotatable bonds is 8. The zero-order valence-corrected chi connectivity index (χ0v) is 10.5. The summed E-state index contributed by atoms with van der Waals surface area (Å²) in [5.74, 6) is -0.460. The van der Waals surface area contributed by atoms with Crippen molar-refractivity contribution >= 4 is 17.3 Å². The van der Waals surface area contributed by atoms with Crippen LogP contribution in [0.15, 0.2) is 18.2 Å². The van der Waals surface area contributed by atoms with E-state index in [0.29, 0.717) is 16.9 Å². The standard InChI is InChI=1S/C13H21N3O2/c14-10-5-6-11(13(15)18)12(9-10)16-7-3-1-2-4-8-17/h5-6,9,16-17H,1-4,7-8,14H2,(H2,15,18). The van der Waals surface area contributed by atoms with E-state index in [1.54, 1.807) is 18.2 Å². The summed E-state index contributed by atoms with van der Waals surface area (Å²) >= 11 is 0. The SMILES string of the molecule is NC(=O)c1ccc(N)cc1NCCCCCCO. The highest BCUT2D eigenvalue weighted by atomic mass is 16.2. The van der Waals surface area contributed by atoms with Crippen molar-refractivity contribution in [2.45, 2.75) is 25.7 Å². The number of amides is 1. The maximum absolute atomic E-state index is 11.2. The Hall–Kier alpha value is -1.75. The fourth-order valence-corrected chi connectivity index (χ4v) is 1.74. The van der Waals surface area contributed by atoms with Gasteiger partial charge < -0.3 is 21.9 Å². The van der Waals surface area contributed by atoms with Gasteiger partial charge >= 0.3 is 0 Å². The molecule has 0 saturated carbocycles. The van der Waals surface area contributed by atoms with E-state index in [-0.39, 0.29) is 6.61 Å². The second-order valence-electron chi connectivity index (χ2n) is 4.23. The topological polar surface area (TPSA) is 101 Å². The smallest absolute Gasteiger partial charge is 0.250 e. The molecule has 0 aliphatic carbocycles. The van der Waals surface area contributed by atoms with Crippen LogP contribution in [0.5, 0.6) is 0 Å². The third-order valence-electron chi connectivity index (χ3n) is 2.71. The first-order valence-corrected chi connectivity index (χ1v) is 6.19. The van der Waals surface area contributed by atoms with E-state index in [1.165, 1.54) is 0 Å². The lowest BCUT2D eigenvalue weighted by molar-refractivity contribution is 0.100. The van der Waals surface area contributed by atoms with Crippen molar-refractivity contribution < 1.29 is 9.90 Å². The van der Waals surface area contributed by atoms with Crippen molar-refractivity contribution in [2.75, 3.05) is 24.2 Å². The van der Waals surface area contributed by atoms with Gasteiger partial charge in [0.05, 0.1) is 5.56 Å². The number of nitrogens with two attached hydrogens (primary N) is 2. The second-order valence-corrected chi connectivity index (χ2v) is 4.23. The molecule has 5 heteroatoms. The van der Waals surface area contributed by atoms with Gasteiger partial charge in [-0.3, -0.25) is 4.79 Å². The van der Waals surface area contributed by atoms with E-state index >= 15 is 0 Å². The van der Waals surface area contributed by atoms with Gasteiger partial charge in [-0.05, 0) is 31.0 Å². The van der Waals surface area contributed by atoms with Gasteiger partial charge in [-0.2, -0.15) is 0 Å². The largest absolute Gasteiger partial charge is 0.399 e. The quantitative estimate of drug-likeness (QED) is 0.413. The summed E-state index contributed by atoms with van der Waals surface area (Å²) in [7, 11) is 0. The maximum atomic E-state index is 11.2. The molecule has 0 fully saturated rings. The number of nitrogens with one attached hydrogen (secondary N) is 1. The fourth-order valence-electron chi connectivity index (χ4n) is 1.74. The number of unbranched alkanes of at least 4 members (excludes halogenated alkanes) is 3. The molecule has 1 aromatic carbocycles. The summed E-state index contributed by atoms with van der Waals surface area (Å²) in [6.45, 7) is 1.00. The number of primary amides is 1. The van der Waals surface area contributed by atoms with E-state index in [9.17, 15) is 4.79 Å². The van der Waals surface area contributed by atoms with Crippen molar-refractivity contribution in [1.82, 2.24) is 0 Å². The molecule has 6 N–H and O–H groups in total. The van der Waals surface area contributed by atoms with Crippen LogP contribution >= 0.6 is 0 Å². The van der Waals surface area contributed by atoms with Crippen LogP contribution in [0.2, 0.25) is 0 Å². The van der Waals surface area contributed by atoms with Crippen LogP contribution < -0.4 is 16.8 Å². The zero-order chi connectivity index (χ0) is 13.4. The minimum atomic E-state index is -0.460. The van der Waals surface area contributed by atoms with Crippen LogP contribution in [0.4, 0.5) is 11.4 Å². The van der Waals surface area contributed by atoms with E-state index in [4.69, 9.17) is 16.6 Å². The minimum Gasteiger partial charge on any atom is -0.399 e. The van der Waals surface area contributed by atoms with E-state index in [2.05, 4.69) is 5.32 Å². The molecule has 18 heavy (non-hydrogen) atoms. The lowest BCUT2D eigenvalue weighted by atomic mass is 10.1. The van der Waals surface area contributed by atoms with Gasteiger partial charge in [0, 0.05) is 24.5 Å². The Labute approximate surface area is 107 Å². The highest BCUT2D eigenvalue weighted by molar-refractivity contribution is 5.99. The Kier molecular flexibility index (Phi) is 6.00. The summed E-state index contributed by atoms with van der Waals surface area (Å²) in [6.07, 6.45) is 3.87. The van der Waals surface area contributed by atoms with Crippen molar-refractivity contribution in [3.05, 3.63) is 23.8 Å². The Morgan fingerprint density at radius 2 is 1.94 bits per heavy atom. The molecule has 0 bridgehead atoms. The van der Waals surface area contributed by atoms with Crippen LogP contribution in [-0.2, 0) is 0 Å². The average Bonchev–Trinajstić information content (AvgIpc) is 2.33. The fraction of sp³-hybridized carbons (Fsp3) is 0.462. The molecule has 0 atom stereocenters. The second kappa shape index (κ2) is 7.55. The van der Waals surface area contributed by atoms with Crippen molar-refractivity contribution in [2.24, 2.45) is 5.73 Å². The molecular weight excluding hydrogens is 230 g/mol. The van der Waals surface area contributed by atoms with E-state index < -0.39 is 5.91 Å². The first-order valence-electron chi connectivity index (χ1n) is 6.19. The predicted octanol–water partition coefficient (Wildman–Crippen LogP) is 1.33. The number of hydrogen-bond acceptors (Lipinski definition) is 4. The van der Waals surface area contributed by atoms with Crippen molar-refractivity contribution in [3.8, 4) is 0 Å². The van der Waals surface area contributed by atoms with Gasteiger partial charge in [0.2, 0.25) is 0 Å². The number of carbonyl (C=O) groups is 1. The molecule has 0 saturated heterocycles. The molecule has 0 aliphatic heterocycles. The Balaban J connectivity index is 2.45.